The normalized spacial score (nSPS) is 21.1. The highest BCUT2D eigenvalue weighted by molar-refractivity contribution is 5.79. The molecule has 152 valence electrons. The number of likely N-dealkylation sites (N-methyl/N-ethyl adjacent to an activating group) is 1. The van der Waals surface area contributed by atoms with Gasteiger partial charge in [-0.25, -0.2) is 0 Å². The number of nitrogens with one attached hydrogen (secondary N) is 2. The van der Waals surface area contributed by atoms with Crippen molar-refractivity contribution in [1.82, 2.24) is 20.4 Å². The average Bonchev–Trinajstić information content (AvgIpc) is 2.67. The van der Waals surface area contributed by atoms with Gasteiger partial charge in [0.15, 0.2) is 5.96 Å². The Bertz CT molecular complexity index is 371. The second-order valence-corrected chi connectivity index (χ2v) is 8.19. The summed E-state index contributed by atoms with van der Waals surface area (Å²) in [5.41, 5.74) is 0. The number of piperazine rings is 1. The third-order valence-electron chi connectivity index (χ3n) is 5.90. The zero-order valence-corrected chi connectivity index (χ0v) is 17.4. The summed E-state index contributed by atoms with van der Waals surface area (Å²) in [7, 11) is 2.22. The predicted molar refractivity (Wildman–Crippen MR) is 113 cm³/mol. The summed E-state index contributed by atoms with van der Waals surface area (Å²) in [6.07, 6.45) is 12.4. The lowest BCUT2D eigenvalue weighted by Crippen LogP contribution is -2.44. The largest absolute Gasteiger partial charge is 0.357 e. The van der Waals surface area contributed by atoms with Crippen LogP contribution in [0.3, 0.4) is 0 Å². The molecule has 2 rings (SSSR count). The SMILES string of the molecule is CCNC(=NCCCC1CCCCC1)NCCCCN1CCN(C)CC1. The van der Waals surface area contributed by atoms with Gasteiger partial charge >= 0.3 is 0 Å². The molecule has 0 aromatic carbocycles. The fourth-order valence-electron chi connectivity index (χ4n) is 4.13. The standard InChI is InChI=1S/C21H43N5/c1-3-22-21(24-14-9-12-20-10-5-4-6-11-20)23-13-7-8-15-26-18-16-25(2)17-19-26/h20H,3-19H2,1-2H3,(H2,22,23,24). The Morgan fingerprint density at radius 1 is 0.962 bits per heavy atom. The Morgan fingerprint density at radius 2 is 1.73 bits per heavy atom. The van der Waals surface area contributed by atoms with E-state index in [-0.39, 0.29) is 0 Å². The summed E-state index contributed by atoms with van der Waals surface area (Å²) >= 11 is 0. The number of hydrogen-bond acceptors (Lipinski definition) is 3. The molecule has 5 heteroatoms. The second-order valence-electron chi connectivity index (χ2n) is 8.19. The van der Waals surface area contributed by atoms with E-state index in [1.807, 2.05) is 0 Å². The van der Waals surface area contributed by atoms with Crippen LogP contribution in [-0.2, 0) is 0 Å². The van der Waals surface area contributed by atoms with Crippen molar-refractivity contribution >= 4 is 5.96 Å². The van der Waals surface area contributed by atoms with Crippen LogP contribution in [0.2, 0.25) is 0 Å². The van der Waals surface area contributed by atoms with Crippen molar-refractivity contribution in [1.29, 1.82) is 0 Å². The molecule has 0 amide bonds. The molecular formula is C21H43N5. The van der Waals surface area contributed by atoms with Crippen LogP contribution >= 0.6 is 0 Å². The highest BCUT2D eigenvalue weighted by Crippen LogP contribution is 2.27. The number of nitrogens with zero attached hydrogens (tertiary/aromatic N) is 3. The monoisotopic (exact) mass is 365 g/mol. The van der Waals surface area contributed by atoms with Crippen molar-refractivity contribution in [3.63, 3.8) is 0 Å². The first-order chi connectivity index (χ1) is 12.8. The zero-order chi connectivity index (χ0) is 18.5. The zero-order valence-electron chi connectivity index (χ0n) is 17.4. The lowest BCUT2D eigenvalue weighted by atomic mass is 9.86. The van der Waals surface area contributed by atoms with Crippen molar-refractivity contribution in [2.45, 2.75) is 64.7 Å². The Kier molecular flexibility index (Phi) is 11.1. The van der Waals surface area contributed by atoms with Gasteiger partial charge < -0.3 is 20.4 Å². The highest BCUT2D eigenvalue weighted by atomic mass is 15.2. The summed E-state index contributed by atoms with van der Waals surface area (Å²) in [6, 6.07) is 0. The van der Waals surface area contributed by atoms with Crippen LogP contribution in [0.5, 0.6) is 0 Å². The van der Waals surface area contributed by atoms with Crippen LogP contribution in [0.15, 0.2) is 4.99 Å². The Hall–Kier alpha value is -0.810. The van der Waals surface area contributed by atoms with Crippen molar-refractivity contribution in [2.24, 2.45) is 10.9 Å². The number of aliphatic imine (C=N–C) groups is 1. The van der Waals surface area contributed by atoms with Gasteiger partial charge in [0.1, 0.15) is 0 Å². The van der Waals surface area contributed by atoms with Crippen molar-refractivity contribution < 1.29 is 0 Å². The van der Waals surface area contributed by atoms with Gasteiger partial charge in [-0.1, -0.05) is 32.1 Å². The molecule has 1 aliphatic heterocycles. The summed E-state index contributed by atoms with van der Waals surface area (Å²) in [5.74, 6) is 1.99. The molecule has 5 nitrogen and oxygen atoms in total. The van der Waals surface area contributed by atoms with E-state index >= 15 is 0 Å². The molecule has 0 aromatic rings. The minimum Gasteiger partial charge on any atom is -0.357 e. The lowest BCUT2D eigenvalue weighted by Gasteiger charge is -2.32. The van der Waals surface area contributed by atoms with E-state index in [4.69, 9.17) is 4.99 Å². The smallest absolute Gasteiger partial charge is 0.191 e. The van der Waals surface area contributed by atoms with Crippen molar-refractivity contribution in [3.8, 4) is 0 Å². The molecular weight excluding hydrogens is 322 g/mol. The maximum Gasteiger partial charge on any atom is 0.191 e. The Labute approximate surface area is 162 Å². The quantitative estimate of drug-likeness (QED) is 0.355. The van der Waals surface area contributed by atoms with Crippen LogP contribution in [0.4, 0.5) is 0 Å². The molecule has 2 N–H and O–H groups in total. The first-order valence-electron chi connectivity index (χ1n) is 11.2. The number of rotatable bonds is 10. The summed E-state index contributed by atoms with van der Waals surface area (Å²) in [4.78, 5) is 9.80. The van der Waals surface area contributed by atoms with E-state index in [1.165, 1.54) is 90.5 Å². The molecule has 26 heavy (non-hydrogen) atoms. The lowest BCUT2D eigenvalue weighted by molar-refractivity contribution is 0.152. The van der Waals surface area contributed by atoms with Gasteiger partial charge in [-0.3, -0.25) is 4.99 Å². The fourth-order valence-corrected chi connectivity index (χ4v) is 4.13. The van der Waals surface area contributed by atoms with E-state index in [9.17, 15) is 0 Å². The molecule has 1 saturated carbocycles. The predicted octanol–water partition coefficient (Wildman–Crippen LogP) is 2.93. The third kappa shape index (κ3) is 9.22. The maximum absolute atomic E-state index is 4.77. The van der Waals surface area contributed by atoms with Gasteiger partial charge in [0.2, 0.25) is 0 Å². The van der Waals surface area contributed by atoms with Crippen molar-refractivity contribution in [3.05, 3.63) is 0 Å². The molecule has 2 aliphatic rings. The minimum absolute atomic E-state index is 0.940. The Morgan fingerprint density at radius 3 is 2.46 bits per heavy atom. The molecule has 2 fully saturated rings. The maximum atomic E-state index is 4.77. The van der Waals surface area contributed by atoms with Gasteiger partial charge in [0.25, 0.3) is 0 Å². The molecule has 1 aliphatic carbocycles. The average molecular weight is 366 g/mol. The topological polar surface area (TPSA) is 42.9 Å². The highest BCUT2D eigenvalue weighted by Gasteiger charge is 2.13. The molecule has 0 atom stereocenters. The Balaban J connectivity index is 1.52. The van der Waals surface area contributed by atoms with E-state index in [0.29, 0.717) is 0 Å². The van der Waals surface area contributed by atoms with E-state index in [0.717, 1.165) is 31.5 Å². The van der Waals surface area contributed by atoms with E-state index in [2.05, 4.69) is 34.4 Å². The molecule has 0 bridgehead atoms. The number of hydrogen-bond donors (Lipinski definition) is 2. The molecule has 1 heterocycles. The number of guanidine groups is 1. The van der Waals surface area contributed by atoms with Gasteiger partial charge in [-0.2, -0.15) is 0 Å². The molecule has 0 unspecified atom stereocenters. The van der Waals surface area contributed by atoms with Crippen LogP contribution in [-0.4, -0.2) is 75.2 Å². The van der Waals surface area contributed by atoms with Gasteiger partial charge in [0, 0.05) is 45.8 Å². The molecule has 0 aromatic heterocycles. The van der Waals surface area contributed by atoms with Crippen molar-refractivity contribution in [2.75, 3.05) is 59.4 Å². The van der Waals surface area contributed by atoms with E-state index in [1.54, 1.807) is 0 Å². The summed E-state index contributed by atoms with van der Waals surface area (Å²) in [5, 5.41) is 6.91. The van der Waals surface area contributed by atoms with Gasteiger partial charge in [0.05, 0.1) is 0 Å². The van der Waals surface area contributed by atoms with E-state index < -0.39 is 0 Å². The molecule has 0 spiro atoms. The fraction of sp³-hybridized carbons (Fsp3) is 0.952. The van der Waals surface area contributed by atoms with Crippen LogP contribution in [0, 0.1) is 5.92 Å². The van der Waals surface area contributed by atoms with Crippen LogP contribution < -0.4 is 10.6 Å². The van der Waals surface area contributed by atoms with Crippen LogP contribution in [0.25, 0.3) is 0 Å². The van der Waals surface area contributed by atoms with Gasteiger partial charge in [-0.15, -0.1) is 0 Å². The third-order valence-corrected chi connectivity index (χ3v) is 5.90. The number of unbranched alkanes of at least 4 members (excludes halogenated alkanes) is 1. The summed E-state index contributed by atoms with van der Waals surface area (Å²) < 4.78 is 0. The first-order valence-corrected chi connectivity index (χ1v) is 11.2. The second kappa shape index (κ2) is 13.4. The molecule has 0 radical (unpaired) electrons. The van der Waals surface area contributed by atoms with Crippen LogP contribution in [0.1, 0.15) is 64.7 Å². The minimum atomic E-state index is 0.940. The van der Waals surface area contributed by atoms with Gasteiger partial charge in [-0.05, 0) is 52.1 Å². The summed E-state index contributed by atoms with van der Waals surface area (Å²) in [6.45, 7) is 11.2. The molecule has 1 saturated heterocycles. The first kappa shape index (κ1) is 21.5.